The van der Waals surface area contributed by atoms with Gasteiger partial charge < -0.3 is 27.0 Å². The normalized spacial score (nSPS) is 18.3. The van der Waals surface area contributed by atoms with Crippen molar-refractivity contribution in [3.8, 4) is 5.95 Å². The molecule has 65 heavy (non-hydrogen) atoms. The molecule has 0 saturated heterocycles. The molecule has 5 aromatic rings. The highest BCUT2D eigenvalue weighted by atomic mass is 35.5. The molecule has 0 bridgehead atoms. The van der Waals surface area contributed by atoms with E-state index in [1.54, 1.807) is 10.9 Å². The molecule has 5 aliphatic carbocycles. The second kappa shape index (κ2) is 24.7. The highest BCUT2D eigenvalue weighted by molar-refractivity contribution is 6.33. The first-order valence-electron chi connectivity index (χ1n) is 22.3. The van der Waals surface area contributed by atoms with Gasteiger partial charge in [0.05, 0.1) is 12.4 Å². The quantitative estimate of drug-likeness (QED) is 0.0607. The van der Waals surface area contributed by atoms with Gasteiger partial charge in [0.1, 0.15) is 0 Å². The summed E-state index contributed by atoms with van der Waals surface area (Å²) in [4.78, 5) is 36.8. The number of rotatable bonds is 14. The lowest BCUT2D eigenvalue weighted by Gasteiger charge is -2.16. The molecule has 5 saturated carbocycles. The molecule has 0 unspecified atom stereocenters. The van der Waals surface area contributed by atoms with E-state index in [4.69, 9.17) is 52.1 Å². The van der Waals surface area contributed by atoms with Crippen LogP contribution in [-0.2, 0) is 0 Å². The van der Waals surface area contributed by atoms with E-state index in [2.05, 4.69) is 116 Å². The zero-order valence-corrected chi connectivity index (χ0v) is 41.9. The molecule has 5 atom stereocenters. The van der Waals surface area contributed by atoms with Crippen LogP contribution in [0.1, 0.15) is 110 Å². The number of hydrogen-bond donors (Lipinski definition) is 6. The number of nitrogens with two attached hydrogens (primary N) is 1. The van der Waals surface area contributed by atoms with Crippen LogP contribution in [-0.4, -0.2) is 95.0 Å². The minimum Gasteiger partial charge on any atom is -0.351 e. The van der Waals surface area contributed by atoms with Crippen molar-refractivity contribution in [2.75, 3.05) is 21.3 Å². The van der Waals surface area contributed by atoms with Crippen molar-refractivity contribution in [1.82, 2.24) is 64.8 Å². The Morgan fingerprint density at radius 2 is 0.877 bits per heavy atom. The summed E-state index contributed by atoms with van der Waals surface area (Å²) < 4.78 is 1.71. The van der Waals surface area contributed by atoms with Gasteiger partial charge >= 0.3 is 0 Å². The van der Waals surface area contributed by atoms with Gasteiger partial charge in [-0.25, -0.2) is 4.68 Å². The first-order valence-corrected chi connectivity index (χ1v) is 23.8. The molecule has 0 aliphatic heterocycles. The van der Waals surface area contributed by atoms with Crippen molar-refractivity contribution in [2.24, 2.45) is 35.3 Å². The van der Waals surface area contributed by atoms with E-state index in [-0.39, 0.29) is 33.5 Å². The molecule has 5 aromatic heterocycles. The molecular weight excluding hydrogens is 934 g/mol. The van der Waals surface area contributed by atoms with Crippen LogP contribution in [0.2, 0.25) is 21.1 Å². The topological polar surface area (TPSA) is 237 Å². The molecule has 18 nitrogen and oxygen atoms in total. The lowest BCUT2D eigenvalue weighted by Crippen LogP contribution is -2.23. The molecule has 10 rings (SSSR count). The monoisotopic (exact) mass is 994 g/mol. The number of nitrogens with one attached hydrogen (secondary N) is 5. The van der Waals surface area contributed by atoms with E-state index in [1.165, 1.54) is 69.8 Å². The molecule has 5 heterocycles. The fourth-order valence-corrected chi connectivity index (χ4v) is 7.28. The second-order valence-corrected chi connectivity index (χ2v) is 19.0. The largest absolute Gasteiger partial charge is 0.351 e. The summed E-state index contributed by atoms with van der Waals surface area (Å²) in [6.45, 7) is 14.8. The van der Waals surface area contributed by atoms with Gasteiger partial charge in [0.25, 0.3) is 5.95 Å². The van der Waals surface area contributed by atoms with E-state index in [0.717, 1.165) is 35.2 Å². The molecule has 356 valence electrons. The minimum absolute atomic E-state index is 0. The Balaban J connectivity index is 0.000000170. The van der Waals surface area contributed by atoms with Gasteiger partial charge in [0, 0.05) is 42.6 Å². The van der Waals surface area contributed by atoms with Gasteiger partial charge in [-0.15, -0.1) is 12.4 Å². The lowest BCUT2D eigenvalue weighted by molar-refractivity contribution is 0.650. The third-order valence-corrected chi connectivity index (χ3v) is 12.1. The SMILES string of the molecule is C[C@@H](Nc1nc(Cl)nc(N[C@H](C)C2CC2)n1)C1CC1.C[C@H](N)C1CC1.Cc1cn[nH]c1.Cc1cnn(-c2nc(N[C@H](C)C3CC3)nc(N[C@H](C)C3CC3)n2)c1.Cl.Clc1nc(Cl)nc(Cl)n1. The Labute approximate surface area is 407 Å². The molecule has 23 heteroatoms. The third-order valence-electron chi connectivity index (χ3n) is 11.4. The molecular formula is C42H63Cl5N18. The van der Waals surface area contributed by atoms with Crippen LogP contribution >= 0.6 is 58.8 Å². The molecule has 0 aromatic carbocycles. The van der Waals surface area contributed by atoms with Crippen molar-refractivity contribution in [1.29, 1.82) is 0 Å². The summed E-state index contributed by atoms with van der Waals surface area (Å²) in [5.41, 5.74) is 7.75. The van der Waals surface area contributed by atoms with Crippen molar-refractivity contribution >= 4 is 82.6 Å². The maximum absolute atomic E-state index is 5.97. The first-order chi connectivity index (χ1) is 30.6. The van der Waals surface area contributed by atoms with Gasteiger partial charge in [0.15, 0.2) is 0 Å². The van der Waals surface area contributed by atoms with Gasteiger partial charge in [-0.2, -0.15) is 55.1 Å². The number of aromatic amines is 1. The molecule has 0 amide bonds. The van der Waals surface area contributed by atoms with E-state index >= 15 is 0 Å². The fourth-order valence-electron chi connectivity index (χ4n) is 6.51. The number of hydrogen-bond acceptors (Lipinski definition) is 16. The maximum atomic E-state index is 5.97. The number of anilines is 4. The summed E-state index contributed by atoms with van der Waals surface area (Å²) >= 11 is 21.9. The zero-order valence-electron chi connectivity index (χ0n) is 38.0. The van der Waals surface area contributed by atoms with Crippen molar-refractivity contribution in [3.63, 3.8) is 0 Å². The summed E-state index contributed by atoms with van der Waals surface area (Å²) in [5, 5.41) is 24.5. The van der Waals surface area contributed by atoms with Crippen LogP contribution in [0, 0.1) is 43.4 Å². The second-order valence-electron chi connectivity index (χ2n) is 17.7. The number of aryl methyl sites for hydroxylation is 2. The van der Waals surface area contributed by atoms with Crippen LogP contribution in [0.3, 0.4) is 0 Å². The summed E-state index contributed by atoms with van der Waals surface area (Å²) in [6.07, 6.45) is 20.4. The predicted molar refractivity (Wildman–Crippen MR) is 262 cm³/mol. The maximum Gasteiger partial charge on any atom is 0.257 e. The first kappa shape index (κ1) is 52.0. The van der Waals surface area contributed by atoms with Crippen LogP contribution < -0.4 is 27.0 Å². The van der Waals surface area contributed by atoms with E-state index in [0.29, 0.717) is 60.0 Å². The fraction of sp³-hybridized carbons (Fsp3) is 0.643. The average Bonchev–Trinajstić information content (AvgIpc) is 4.03. The molecule has 0 radical (unpaired) electrons. The van der Waals surface area contributed by atoms with Crippen LogP contribution in [0.4, 0.5) is 23.8 Å². The van der Waals surface area contributed by atoms with Crippen molar-refractivity contribution in [2.45, 2.75) is 143 Å². The standard InChI is InChI=1S/C17H25N7.C13H20ClN5.C5H11N.C4H6N2.C3Cl3N3.ClH/c1-10-8-18-24(9-10)17-22-15(19-11(2)13-4-5-13)21-16(23-17)20-12(3)14-6-7-14;1-7(9-3-4-9)15-12-17-11(14)18-13(19-12)16-8(2)10-5-6-10;1-4(6)5-2-3-5;1-4-2-5-6-3-4;4-1-7-2(5)9-3(6)8-1;/h8-9,11-14H,4-7H2,1-3H3,(H2,19,20,21,22,23);7-10H,3-6H2,1-2H3,(H2,15,16,17,18,19);4-5H,2-3,6H2,1H3;2-3H,1H3,(H,5,6);;1H/t11-,12-;7-,8-;4-;;;/m110.../s1. The Morgan fingerprint density at radius 1 is 0.523 bits per heavy atom. The van der Waals surface area contributed by atoms with Crippen molar-refractivity contribution < 1.29 is 0 Å². The number of nitrogens with zero attached hydrogens (tertiary/aromatic N) is 12. The van der Waals surface area contributed by atoms with E-state index in [9.17, 15) is 0 Å². The summed E-state index contributed by atoms with van der Waals surface area (Å²) in [7, 11) is 0. The minimum atomic E-state index is 0. The van der Waals surface area contributed by atoms with Crippen LogP contribution in [0.15, 0.2) is 24.8 Å². The summed E-state index contributed by atoms with van der Waals surface area (Å²) in [5.74, 6) is 6.79. The van der Waals surface area contributed by atoms with Crippen LogP contribution in [0.25, 0.3) is 5.95 Å². The van der Waals surface area contributed by atoms with Crippen molar-refractivity contribution in [3.05, 3.63) is 57.0 Å². The Bertz CT molecular complexity index is 2070. The highest BCUT2D eigenvalue weighted by Crippen LogP contribution is 2.36. The zero-order chi connectivity index (χ0) is 45.9. The molecule has 5 aliphatic rings. The predicted octanol–water partition coefficient (Wildman–Crippen LogP) is 9.45. The molecule has 7 N–H and O–H groups in total. The molecule has 5 fully saturated rings. The van der Waals surface area contributed by atoms with E-state index in [1.807, 2.05) is 32.4 Å². The van der Waals surface area contributed by atoms with Gasteiger partial charge in [-0.1, -0.05) is 0 Å². The highest BCUT2D eigenvalue weighted by Gasteiger charge is 2.32. The van der Waals surface area contributed by atoms with Crippen LogP contribution in [0.5, 0.6) is 0 Å². The average molecular weight is 997 g/mol. The van der Waals surface area contributed by atoms with E-state index < -0.39 is 0 Å². The third kappa shape index (κ3) is 19.1. The molecule has 0 spiro atoms. The van der Waals surface area contributed by atoms with Gasteiger partial charge in [-0.3, -0.25) is 5.10 Å². The number of halogens is 5. The lowest BCUT2D eigenvalue weighted by atomic mass is 10.2. The number of aromatic nitrogens is 13. The van der Waals surface area contributed by atoms with Gasteiger partial charge in [0.2, 0.25) is 44.9 Å². The Hall–Kier alpha value is -3.94. The Kier molecular flexibility index (Phi) is 19.8. The number of H-pyrrole nitrogens is 1. The smallest absolute Gasteiger partial charge is 0.257 e. The Morgan fingerprint density at radius 3 is 1.12 bits per heavy atom. The van der Waals surface area contributed by atoms with Gasteiger partial charge in [-0.05, 0) is 200 Å². The summed E-state index contributed by atoms with van der Waals surface area (Å²) in [6, 6.07) is 2.02.